The van der Waals surface area contributed by atoms with Crippen molar-refractivity contribution >= 4 is 17.3 Å². The minimum atomic E-state index is 0.664. The normalized spacial score (nSPS) is 10.1. The predicted molar refractivity (Wildman–Crippen MR) is 59.6 cm³/mol. The molecule has 0 aliphatic rings. The highest BCUT2D eigenvalue weighted by molar-refractivity contribution is 7.08. The van der Waals surface area contributed by atoms with Gasteiger partial charge in [0.05, 0.1) is 5.69 Å². The number of hydrogen-bond acceptors (Lipinski definition) is 4. The maximum absolute atomic E-state index is 4.42. The lowest BCUT2D eigenvalue weighted by Crippen LogP contribution is -1.98. The van der Waals surface area contributed by atoms with E-state index >= 15 is 0 Å². The molecule has 0 aliphatic carbocycles. The van der Waals surface area contributed by atoms with E-state index in [4.69, 9.17) is 0 Å². The molecule has 2 heterocycles. The lowest BCUT2D eigenvalue weighted by Gasteiger charge is -2.04. The van der Waals surface area contributed by atoms with Crippen LogP contribution in [0, 0.1) is 6.92 Å². The van der Waals surface area contributed by atoms with Gasteiger partial charge in [0.25, 0.3) is 0 Å². The van der Waals surface area contributed by atoms with E-state index in [0.29, 0.717) is 5.95 Å². The Kier molecular flexibility index (Phi) is 2.45. The van der Waals surface area contributed by atoms with Gasteiger partial charge in [0.15, 0.2) is 0 Å². The van der Waals surface area contributed by atoms with Crippen molar-refractivity contribution in [3.63, 3.8) is 0 Å². The molecule has 0 atom stereocenters. The number of nitrogens with zero attached hydrogens (tertiary/aromatic N) is 2. The molecule has 0 amide bonds. The number of aromatic nitrogens is 2. The average molecular weight is 205 g/mol. The van der Waals surface area contributed by atoms with E-state index in [2.05, 4.69) is 32.1 Å². The first-order chi connectivity index (χ1) is 6.81. The van der Waals surface area contributed by atoms with Gasteiger partial charge < -0.3 is 5.32 Å². The Morgan fingerprint density at radius 2 is 2.29 bits per heavy atom. The first kappa shape index (κ1) is 9.15. The average Bonchev–Trinajstić information content (AvgIpc) is 2.71. The molecule has 2 aromatic rings. The summed E-state index contributed by atoms with van der Waals surface area (Å²) in [5, 5.41) is 7.08. The van der Waals surface area contributed by atoms with Crippen molar-refractivity contribution in [3.8, 4) is 11.3 Å². The van der Waals surface area contributed by atoms with Crippen LogP contribution >= 0.6 is 11.3 Å². The summed E-state index contributed by atoms with van der Waals surface area (Å²) in [6.45, 7) is 2.02. The molecule has 0 radical (unpaired) electrons. The molecule has 0 aromatic carbocycles. The Bertz CT molecular complexity index is 423. The second-order valence-corrected chi connectivity index (χ2v) is 3.77. The molecule has 14 heavy (non-hydrogen) atoms. The molecule has 0 fully saturated rings. The molecule has 0 unspecified atom stereocenters. The number of hydrogen-bond donors (Lipinski definition) is 1. The van der Waals surface area contributed by atoms with Gasteiger partial charge in [0.1, 0.15) is 0 Å². The number of anilines is 1. The Morgan fingerprint density at radius 3 is 2.93 bits per heavy atom. The van der Waals surface area contributed by atoms with Crippen LogP contribution in [-0.4, -0.2) is 17.0 Å². The van der Waals surface area contributed by atoms with Crippen molar-refractivity contribution in [1.82, 2.24) is 9.97 Å². The van der Waals surface area contributed by atoms with E-state index in [-0.39, 0.29) is 0 Å². The molecule has 0 saturated carbocycles. The van der Waals surface area contributed by atoms with Crippen molar-refractivity contribution in [2.75, 3.05) is 12.4 Å². The van der Waals surface area contributed by atoms with Gasteiger partial charge in [-0.1, -0.05) is 0 Å². The lowest BCUT2D eigenvalue weighted by atomic mass is 10.1. The van der Waals surface area contributed by atoms with E-state index < -0.39 is 0 Å². The van der Waals surface area contributed by atoms with Crippen molar-refractivity contribution < 1.29 is 0 Å². The summed E-state index contributed by atoms with van der Waals surface area (Å²) in [5.74, 6) is 0.664. The van der Waals surface area contributed by atoms with Gasteiger partial charge in [0.2, 0.25) is 5.95 Å². The minimum Gasteiger partial charge on any atom is -0.357 e. The van der Waals surface area contributed by atoms with Gasteiger partial charge in [-0.15, -0.1) is 0 Å². The molecule has 72 valence electrons. The number of thiophene rings is 1. The predicted octanol–water partition coefficient (Wildman–Crippen LogP) is 2.56. The highest BCUT2D eigenvalue weighted by Gasteiger charge is 2.05. The van der Waals surface area contributed by atoms with Crippen LogP contribution < -0.4 is 5.32 Å². The molecule has 0 aliphatic heterocycles. The maximum atomic E-state index is 4.42. The van der Waals surface area contributed by atoms with E-state index in [0.717, 1.165) is 16.8 Å². The molecular formula is C10H11N3S. The molecular weight excluding hydrogens is 194 g/mol. The molecule has 3 nitrogen and oxygen atoms in total. The number of aryl methyl sites for hydroxylation is 1. The SMILES string of the molecule is CNc1ncc(C)c(-c2ccsc2)n1. The van der Waals surface area contributed by atoms with Crippen LogP contribution in [0.3, 0.4) is 0 Å². The summed E-state index contributed by atoms with van der Waals surface area (Å²) in [5.41, 5.74) is 3.26. The van der Waals surface area contributed by atoms with Crippen molar-refractivity contribution in [2.45, 2.75) is 6.92 Å². The van der Waals surface area contributed by atoms with Gasteiger partial charge in [-0.25, -0.2) is 9.97 Å². The van der Waals surface area contributed by atoms with Crippen LogP contribution in [0.4, 0.5) is 5.95 Å². The fourth-order valence-corrected chi connectivity index (χ4v) is 1.89. The lowest BCUT2D eigenvalue weighted by molar-refractivity contribution is 1.12. The summed E-state index contributed by atoms with van der Waals surface area (Å²) < 4.78 is 0. The van der Waals surface area contributed by atoms with Gasteiger partial charge in [0, 0.05) is 24.2 Å². The first-order valence-corrected chi connectivity index (χ1v) is 5.29. The Hall–Kier alpha value is -1.42. The molecule has 2 aromatic heterocycles. The van der Waals surface area contributed by atoms with Crippen LogP contribution in [0.15, 0.2) is 23.0 Å². The van der Waals surface area contributed by atoms with E-state index in [1.807, 2.05) is 20.2 Å². The first-order valence-electron chi connectivity index (χ1n) is 4.35. The van der Waals surface area contributed by atoms with Crippen LogP contribution in [0.25, 0.3) is 11.3 Å². The van der Waals surface area contributed by atoms with E-state index in [1.54, 1.807) is 11.3 Å². The summed E-state index contributed by atoms with van der Waals surface area (Å²) in [6.07, 6.45) is 1.84. The van der Waals surface area contributed by atoms with Crippen molar-refractivity contribution in [3.05, 3.63) is 28.6 Å². The van der Waals surface area contributed by atoms with Gasteiger partial charge in [-0.3, -0.25) is 0 Å². The molecule has 0 bridgehead atoms. The van der Waals surface area contributed by atoms with Crippen LogP contribution in [0.1, 0.15) is 5.56 Å². The third-order valence-corrected chi connectivity index (χ3v) is 2.67. The third kappa shape index (κ3) is 1.61. The highest BCUT2D eigenvalue weighted by Crippen LogP contribution is 2.23. The summed E-state index contributed by atoms with van der Waals surface area (Å²) >= 11 is 1.68. The Morgan fingerprint density at radius 1 is 1.43 bits per heavy atom. The molecule has 2 rings (SSSR count). The fourth-order valence-electron chi connectivity index (χ4n) is 1.25. The van der Waals surface area contributed by atoms with Crippen LogP contribution in [0.5, 0.6) is 0 Å². The van der Waals surface area contributed by atoms with Crippen LogP contribution in [-0.2, 0) is 0 Å². The number of nitrogens with one attached hydrogen (secondary N) is 1. The second kappa shape index (κ2) is 3.75. The fraction of sp³-hybridized carbons (Fsp3) is 0.200. The summed E-state index contributed by atoms with van der Waals surface area (Å²) in [4.78, 5) is 8.57. The Balaban J connectivity index is 2.51. The van der Waals surface area contributed by atoms with Gasteiger partial charge in [-0.2, -0.15) is 11.3 Å². The zero-order valence-corrected chi connectivity index (χ0v) is 8.93. The standard InChI is InChI=1S/C10H11N3S/c1-7-5-12-10(11-2)13-9(7)8-3-4-14-6-8/h3-6H,1-2H3,(H,11,12,13). The molecule has 4 heteroatoms. The third-order valence-electron chi connectivity index (χ3n) is 1.99. The minimum absolute atomic E-state index is 0.664. The largest absolute Gasteiger partial charge is 0.357 e. The maximum Gasteiger partial charge on any atom is 0.222 e. The van der Waals surface area contributed by atoms with Crippen LogP contribution in [0.2, 0.25) is 0 Å². The van der Waals surface area contributed by atoms with Gasteiger partial charge >= 0.3 is 0 Å². The van der Waals surface area contributed by atoms with Crippen molar-refractivity contribution in [1.29, 1.82) is 0 Å². The quantitative estimate of drug-likeness (QED) is 0.818. The van der Waals surface area contributed by atoms with E-state index in [9.17, 15) is 0 Å². The van der Waals surface area contributed by atoms with Gasteiger partial charge in [-0.05, 0) is 23.9 Å². The summed E-state index contributed by atoms with van der Waals surface area (Å²) in [6, 6.07) is 2.07. The second-order valence-electron chi connectivity index (χ2n) is 2.99. The zero-order chi connectivity index (χ0) is 9.97. The molecule has 1 N–H and O–H groups in total. The smallest absolute Gasteiger partial charge is 0.222 e. The highest BCUT2D eigenvalue weighted by atomic mass is 32.1. The topological polar surface area (TPSA) is 37.8 Å². The van der Waals surface area contributed by atoms with E-state index in [1.165, 1.54) is 0 Å². The van der Waals surface area contributed by atoms with Crippen molar-refractivity contribution in [2.24, 2.45) is 0 Å². The zero-order valence-electron chi connectivity index (χ0n) is 8.11. The Labute approximate surface area is 86.8 Å². The monoisotopic (exact) mass is 205 g/mol. The number of rotatable bonds is 2. The molecule has 0 spiro atoms. The summed E-state index contributed by atoms with van der Waals surface area (Å²) in [7, 11) is 1.82. The molecule has 0 saturated heterocycles.